The molecule has 5 rings (SSSR count). The highest BCUT2D eigenvalue weighted by Crippen LogP contribution is 2.56. The normalized spacial score (nSPS) is 26.8. The molecule has 0 bridgehead atoms. The molecule has 2 heterocycles. The van der Waals surface area contributed by atoms with Crippen molar-refractivity contribution in [2.75, 3.05) is 19.0 Å². The molecule has 11 heteroatoms. The fourth-order valence-corrected chi connectivity index (χ4v) is 9.53. The van der Waals surface area contributed by atoms with Crippen LogP contribution in [0.15, 0.2) is 41.3 Å². The average Bonchev–Trinajstić information content (AvgIpc) is 2.82. The molecule has 1 N–H and O–H groups in total. The summed E-state index contributed by atoms with van der Waals surface area (Å²) >= 11 is 7.31. The Kier molecular flexibility index (Phi) is 6.76. The van der Waals surface area contributed by atoms with Crippen LogP contribution in [0.3, 0.4) is 0 Å². The number of carboxylic acid groups (broad SMARTS) is 1. The molecule has 0 amide bonds. The summed E-state index contributed by atoms with van der Waals surface area (Å²) in [5.41, 5.74) is -0.310. The van der Waals surface area contributed by atoms with Gasteiger partial charge in [0, 0.05) is 17.5 Å². The summed E-state index contributed by atoms with van der Waals surface area (Å²) in [7, 11) is -4.27. The molecule has 3 atom stereocenters. The van der Waals surface area contributed by atoms with Crippen molar-refractivity contribution >= 4 is 39.2 Å². The number of carboxylic acids is 1. The van der Waals surface area contributed by atoms with Gasteiger partial charge in [-0.1, -0.05) is 11.6 Å². The molecule has 0 aromatic heterocycles. The molecular formula is C25H25ClF2O6S2. The second kappa shape index (κ2) is 9.45. The Morgan fingerprint density at radius 3 is 2.44 bits per heavy atom. The second-order valence-electron chi connectivity index (χ2n) is 9.45. The zero-order chi connectivity index (χ0) is 25.7. The van der Waals surface area contributed by atoms with Gasteiger partial charge in [0.25, 0.3) is 0 Å². The summed E-state index contributed by atoms with van der Waals surface area (Å²) in [5.74, 6) is -3.35. The topological polar surface area (TPSA) is 89.9 Å². The molecule has 1 saturated heterocycles. The SMILES string of the molecule is O=C(O)C1(SCC[C@@H]2OCC[C@@]3(S(=O)(=O)c4ccc(Cl)cc4)c4c(F)ccc(F)c4OC[C@@H]23)CCC1. The maximum atomic E-state index is 15.4. The van der Waals surface area contributed by atoms with E-state index in [9.17, 15) is 22.7 Å². The Balaban J connectivity index is 1.56. The van der Waals surface area contributed by atoms with Gasteiger partial charge in [0.15, 0.2) is 21.4 Å². The van der Waals surface area contributed by atoms with Gasteiger partial charge in [0.2, 0.25) is 0 Å². The lowest BCUT2D eigenvalue weighted by atomic mass is 9.75. The Morgan fingerprint density at radius 2 is 1.81 bits per heavy atom. The predicted octanol–water partition coefficient (Wildman–Crippen LogP) is 5.22. The number of halogens is 3. The lowest BCUT2D eigenvalue weighted by Gasteiger charge is -2.50. The van der Waals surface area contributed by atoms with Gasteiger partial charge in [-0.2, -0.15) is 0 Å². The molecule has 1 aliphatic carbocycles. The fourth-order valence-electron chi connectivity index (χ4n) is 5.62. The maximum Gasteiger partial charge on any atom is 0.319 e. The highest BCUT2D eigenvalue weighted by molar-refractivity contribution is 8.01. The predicted molar refractivity (Wildman–Crippen MR) is 131 cm³/mol. The molecule has 0 radical (unpaired) electrons. The molecule has 36 heavy (non-hydrogen) atoms. The molecule has 2 aromatic rings. The van der Waals surface area contributed by atoms with Crippen molar-refractivity contribution in [2.24, 2.45) is 5.92 Å². The maximum absolute atomic E-state index is 15.4. The third-order valence-electron chi connectivity index (χ3n) is 7.68. The molecular weight excluding hydrogens is 534 g/mol. The molecule has 6 nitrogen and oxygen atoms in total. The van der Waals surface area contributed by atoms with E-state index in [4.69, 9.17) is 21.1 Å². The molecule has 0 unspecified atom stereocenters. The zero-order valence-corrected chi connectivity index (χ0v) is 21.6. The molecule has 2 fully saturated rings. The van der Waals surface area contributed by atoms with Crippen molar-refractivity contribution < 1.29 is 36.6 Å². The monoisotopic (exact) mass is 558 g/mol. The van der Waals surface area contributed by atoms with Crippen molar-refractivity contribution in [3.05, 3.63) is 58.6 Å². The van der Waals surface area contributed by atoms with E-state index >= 15 is 4.39 Å². The number of ether oxygens (including phenoxy) is 2. The highest BCUT2D eigenvalue weighted by atomic mass is 35.5. The van der Waals surface area contributed by atoms with Crippen LogP contribution in [0.5, 0.6) is 5.75 Å². The van der Waals surface area contributed by atoms with Gasteiger partial charge in [-0.05, 0) is 74.3 Å². The van der Waals surface area contributed by atoms with Crippen LogP contribution >= 0.6 is 23.4 Å². The Morgan fingerprint density at radius 1 is 1.11 bits per heavy atom. The van der Waals surface area contributed by atoms with Crippen molar-refractivity contribution in [3.63, 3.8) is 0 Å². The summed E-state index contributed by atoms with van der Waals surface area (Å²) in [4.78, 5) is 11.7. The van der Waals surface area contributed by atoms with Crippen LogP contribution < -0.4 is 4.74 Å². The summed E-state index contributed by atoms with van der Waals surface area (Å²) in [6.45, 7) is -0.169. The zero-order valence-electron chi connectivity index (χ0n) is 19.2. The molecule has 2 aromatic carbocycles. The second-order valence-corrected chi connectivity index (χ2v) is 13.6. The molecule has 3 aliphatic rings. The number of fused-ring (bicyclic) bond motifs is 3. The van der Waals surface area contributed by atoms with Crippen molar-refractivity contribution in [1.82, 2.24) is 0 Å². The van der Waals surface area contributed by atoms with Crippen LogP contribution in [0.25, 0.3) is 0 Å². The van der Waals surface area contributed by atoms with Crippen LogP contribution in [0.2, 0.25) is 5.02 Å². The molecule has 0 spiro atoms. The first kappa shape index (κ1) is 25.8. The van der Waals surface area contributed by atoms with Crippen LogP contribution in [-0.4, -0.2) is 49.3 Å². The minimum absolute atomic E-state index is 0.0120. The minimum atomic E-state index is -4.27. The first-order valence-electron chi connectivity index (χ1n) is 11.7. The van der Waals surface area contributed by atoms with Crippen molar-refractivity contribution in [1.29, 1.82) is 0 Å². The first-order chi connectivity index (χ1) is 17.1. The van der Waals surface area contributed by atoms with Crippen molar-refractivity contribution in [3.8, 4) is 5.75 Å². The van der Waals surface area contributed by atoms with Crippen LogP contribution in [0.4, 0.5) is 8.78 Å². The number of thioether (sulfide) groups is 1. The number of benzene rings is 2. The number of aliphatic carboxylic acids is 1. The summed E-state index contributed by atoms with van der Waals surface area (Å²) in [5, 5.41) is 9.97. The van der Waals surface area contributed by atoms with E-state index in [0.717, 1.165) is 18.6 Å². The van der Waals surface area contributed by atoms with Gasteiger partial charge >= 0.3 is 5.97 Å². The van der Waals surface area contributed by atoms with E-state index in [1.807, 2.05) is 0 Å². The van der Waals surface area contributed by atoms with E-state index in [2.05, 4.69) is 0 Å². The number of carbonyl (C=O) groups is 1. The van der Waals surface area contributed by atoms with E-state index in [-0.39, 0.29) is 30.1 Å². The first-order valence-corrected chi connectivity index (χ1v) is 14.6. The lowest BCUT2D eigenvalue weighted by molar-refractivity contribution is -0.142. The third-order valence-corrected chi connectivity index (χ3v) is 12.1. The van der Waals surface area contributed by atoms with E-state index < -0.39 is 54.7 Å². The largest absolute Gasteiger partial charge is 0.490 e. The molecule has 2 aliphatic heterocycles. The van der Waals surface area contributed by atoms with Crippen LogP contribution in [0, 0.1) is 17.6 Å². The Bertz CT molecular complexity index is 1280. The minimum Gasteiger partial charge on any atom is -0.490 e. The fraction of sp³-hybridized carbons (Fsp3) is 0.480. The number of rotatable bonds is 7. The third kappa shape index (κ3) is 3.92. The van der Waals surface area contributed by atoms with Crippen molar-refractivity contribution in [2.45, 2.75) is 52.6 Å². The number of hydrogen-bond donors (Lipinski definition) is 1. The van der Waals surface area contributed by atoms with Crippen LogP contribution in [-0.2, 0) is 24.1 Å². The van der Waals surface area contributed by atoms with Gasteiger partial charge in [0.05, 0.1) is 23.2 Å². The smallest absolute Gasteiger partial charge is 0.319 e. The molecule has 1 saturated carbocycles. The average molecular weight is 559 g/mol. The summed E-state index contributed by atoms with van der Waals surface area (Å²) in [6.07, 6.45) is 1.62. The highest BCUT2D eigenvalue weighted by Gasteiger charge is 2.61. The van der Waals surface area contributed by atoms with E-state index in [1.165, 1.54) is 36.0 Å². The van der Waals surface area contributed by atoms with Crippen LogP contribution in [0.1, 0.15) is 37.7 Å². The summed E-state index contributed by atoms with van der Waals surface area (Å²) < 4.78 is 67.7. The lowest BCUT2D eigenvalue weighted by Crippen LogP contribution is -2.57. The van der Waals surface area contributed by atoms with E-state index in [0.29, 0.717) is 30.0 Å². The van der Waals surface area contributed by atoms with Gasteiger partial charge in [0.1, 0.15) is 15.3 Å². The van der Waals surface area contributed by atoms with Gasteiger partial charge in [-0.15, -0.1) is 11.8 Å². The van der Waals surface area contributed by atoms with Gasteiger partial charge in [-0.3, -0.25) is 4.79 Å². The number of hydrogen-bond acceptors (Lipinski definition) is 6. The standard InChI is InChI=1S/C25H25ClF2O6S2/c26-15-2-4-16(5-3-15)36(31,32)25-11-12-33-20(8-13-35-24(23(29)30)9-1-10-24)17(25)14-34-22-19(28)7-6-18(27)21(22)25/h2-7,17,20H,1,8-14H2,(H,29,30)/t17-,20-,25-/m0/s1. The van der Waals surface area contributed by atoms with E-state index in [1.54, 1.807) is 0 Å². The molecule has 194 valence electrons. The number of sulfone groups is 1. The Labute approximate surface area is 217 Å². The summed E-state index contributed by atoms with van der Waals surface area (Å²) in [6, 6.07) is 7.47. The van der Waals surface area contributed by atoms with Gasteiger partial charge < -0.3 is 14.6 Å². The Hall–Kier alpha value is -1.88. The van der Waals surface area contributed by atoms with Gasteiger partial charge in [-0.25, -0.2) is 17.2 Å². The quantitative estimate of drug-likeness (QED) is 0.498.